The zero-order valence-corrected chi connectivity index (χ0v) is 6.36. The number of nitrogens with zero attached hydrogens (tertiary/aromatic N) is 4. The van der Waals surface area contributed by atoms with Crippen molar-refractivity contribution in [1.82, 2.24) is 0 Å². The third-order valence-corrected chi connectivity index (χ3v) is 1.35. The number of hydrogen-bond donors (Lipinski definition) is 0. The molecular formula is C8H6N4. The van der Waals surface area contributed by atoms with Crippen LogP contribution < -0.4 is 0 Å². The van der Waals surface area contributed by atoms with Crippen LogP contribution in [0, 0.1) is 57.2 Å². The summed E-state index contributed by atoms with van der Waals surface area (Å²) in [5.41, 5.74) is 0. The smallest absolute Gasteiger partial charge is 0.134 e. The van der Waals surface area contributed by atoms with Crippen molar-refractivity contribution >= 4 is 0 Å². The van der Waals surface area contributed by atoms with Crippen LogP contribution in [0.2, 0.25) is 0 Å². The van der Waals surface area contributed by atoms with E-state index in [-0.39, 0.29) is 12.8 Å². The van der Waals surface area contributed by atoms with E-state index in [0.29, 0.717) is 0 Å². The molecule has 0 amide bonds. The molecule has 0 rings (SSSR count). The first kappa shape index (κ1) is 9.96. The van der Waals surface area contributed by atoms with Crippen molar-refractivity contribution in [3.63, 3.8) is 0 Å². The molecule has 58 valence electrons. The summed E-state index contributed by atoms with van der Waals surface area (Å²) >= 11 is 0. The Labute approximate surface area is 70.9 Å². The summed E-state index contributed by atoms with van der Waals surface area (Å²) in [5, 5.41) is 33.5. The predicted molar refractivity (Wildman–Crippen MR) is 38.7 cm³/mol. The molecule has 4 nitrogen and oxygen atoms in total. The molecule has 0 saturated carbocycles. The van der Waals surface area contributed by atoms with Crippen LogP contribution in [0.3, 0.4) is 0 Å². The molecule has 1 unspecified atom stereocenters. The Kier molecular flexibility index (Phi) is 4.75. The highest BCUT2D eigenvalue weighted by Gasteiger charge is 2.14. The number of nitriles is 4. The minimum absolute atomic E-state index is 0.0797. The molecule has 0 aromatic carbocycles. The topological polar surface area (TPSA) is 95.2 Å². The van der Waals surface area contributed by atoms with E-state index in [4.69, 9.17) is 21.0 Å². The normalized spacial score (nSPS) is 10.4. The number of rotatable bonds is 3. The van der Waals surface area contributed by atoms with E-state index in [1.165, 1.54) is 0 Å². The molecule has 0 aliphatic heterocycles. The third-order valence-electron chi connectivity index (χ3n) is 1.35. The van der Waals surface area contributed by atoms with Gasteiger partial charge in [-0.25, -0.2) is 0 Å². The van der Waals surface area contributed by atoms with Gasteiger partial charge in [-0.05, 0) is 6.42 Å². The van der Waals surface area contributed by atoms with Crippen LogP contribution in [0.15, 0.2) is 0 Å². The van der Waals surface area contributed by atoms with Gasteiger partial charge in [0.25, 0.3) is 0 Å². The fourth-order valence-electron chi connectivity index (χ4n) is 0.711. The third kappa shape index (κ3) is 3.21. The van der Waals surface area contributed by atoms with E-state index in [9.17, 15) is 0 Å². The highest BCUT2D eigenvalue weighted by molar-refractivity contribution is 5.03. The average molecular weight is 158 g/mol. The molecule has 0 spiro atoms. The van der Waals surface area contributed by atoms with Crippen molar-refractivity contribution in [3.8, 4) is 24.3 Å². The van der Waals surface area contributed by atoms with Gasteiger partial charge >= 0.3 is 0 Å². The fourth-order valence-corrected chi connectivity index (χ4v) is 0.711. The molecule has 0 heterocycles. The zero-order valence-electron chi connectivity index (χ0n) is 6.36. The fraction of sp³-hybridized carbons (Fsp3) is 0.500. The molecule has 0 bridgehead atoms. The molecule has 0 fully saturated rings. The Morgan fingerprint density at radius 2 is 1.50 bits per heavy atom. The minimum atomic E-state index is -0.775. The Bertz CT molecular complexity index is 279. The first-order chi connectivity index (χ1) is 5.78. The van der Waals surface area contributed by atoms with Gasteiger partial charge in [0.2, 0.25) is 0 Å². The largest absolute Gasteiger partial charge is 0.198 e. The van der Waals surface area contributed by atoms with Crippen LogP contribution >= 0.6 is 0 Å². The number of hydrogen-bond acceptors (Lipinski definition) is 4. The van der Waals surface area contributed by atoms with Gasteiger partial charge in [0.15, 0.2) is 0 Å². The van der Waals surface area contributed by atoms with E-state index in [2.05, 4.69) is 0 Å². The highest BCUT2D eigenvalue weighted by atomic mass is 14.3. The Morgan fingerprint density at radius 3 is 1.83 bits per heavy atom. The Balaban J connectivity index is 4.09. The van der Waals surface area contributed by atoms with Gasteiger partial charge in [-0.2, -0.15) is 21.0 Å². The van der Waals surface area contributed by atoms with Crippen molar-refractivity contribution in [3.05, 3.63) is 0 Å². The van der Waals surface area contributed by atoms with Crippen LogP contribution in [-0.2, 0) is 0 Å². The van der Waals surface area contributed by atoms with Gasteiger partial charge in [0.05, 0.1) is 36.6 Å². The van der Waals surface area contributed by atoms with E-state index in [1.54, 1.807) is 12.1 Å². The molecule has 12 heavy (non-hydrogen) atoms. The monoisotopic (exact) mass is 158 g/mol. The van der Waals surface area contributed by atoms with Crippen LogP contribution in [0.25, 0.3) is 0 Å². The summed E-state index contributed by atoms with van der Waals surface area (Å²) in [6.07, 6.45) is 0.243. The lowest BCUT2D eigenvalue weighted by Gasteiger charge is -2.02. The maximum atomic E-state index is 8.48. The summed E-state index contributed by atoms with van der Waals surface area (Å²) < 4.78 is 0. The van der Waals surface area contributed by atoms with E-state index >= 15 is 0 Å². The molecular weight excluding hydrogens is 152 g/mol. The van der Waals surface area contributed by atoms with E-state index in [1.807, 2.05) is 12.1 Å². The summed E-state index contributed by atoms with van der Waals surface area (Å²) in [4.78, 5) is 0. The van der Waals surface area contributed by atoms with Crippen LogP contribution in [0.4, 0.5) is 0 Å². The molecule has 4 heteroatoms. The minimum Gasteiger partial charge on any atom is -0.198 e. The first-order valence-corrected chi connectivity index (χ1v) is 3.34. The van der Waals surface area contributed by atoms with Crippen LogP contribution in [-0.4, -0.2) is 0 Å². The van der Waals surface area contributed by atoms with Crippen molar-refractivity contribution < 1.29 is 0 Å². The molecule has 1 atom stereocenters. The highest BCUT2D eigenvalue weighted by Crippen LogP contribution is 2.13. The zero-order chi connectivity index (χ0) is 9.40. The van der Waals surface area contributed by atoms with E-state index in [0.717, 1.165) is 0 Å². The second-order valence-electron chi connectivity index (χ2n) is 2.23. The van der Waals surface area contributed by atoms with Gasteiger partial charge in [0.1, 0.15) is 5.92 Å². The van der Waals surface area contributed by atoms with Crippen molar-refractivity contribution in [2.45, 2.75) is 12.8 Å². The lowest BCUT2D eigenvalue weighted by Crippen LogP contribution is -2.03. The standard InChI is InChI=1S/C8H6N4/c9-2-1-7(4-10)3-8(5-11)6-12/h7-8H,1,3H2. The summed E-state index contributed by atoms with van der Waals surface area (Å²) in [6.45, 7) is 0. The van der Waals surface area contributed by atoms with Crippen molar-refractivity contribution in [2.75, 3.05) is 0 Å². The summed E-state index contributed by atoms with van der Waals surface area (Å²) in [6, 6.07) is 7.21. The van der Waals surface area contributed by atoms with Crippen molar-refractivity contribution in [1.29, 1.82) is 21.0 Å². The SMILES string of the molecule is N#CCC(C#N)CC(C#N)C#N. The first-order valence-electron chi connectivity index (χ1n) is 3.34. The van der Waals surface area contributed by atoms with Crippen LogP contribution in [0.1, 0.15) is 12.8 Å². The average Bonchev–Trinajstić information content (AvgIpc) is 2.12. The lowest BCUT2D eigenvalue weighted by molar-refractivity contribution is 0.571. The lowest BCUT2D eigenvalue weighted by atomic mass is 9.95. The van der Waals surface area contributed by atoms with Crippen molar-refractivity contribution in [2.24, 2.45) is 11.8 Å². The maximum absolute atomic E-state index is 8.48. The molecule has 0 aromatic heterocycles. The van der Waals surface area contributed by atoms with E-state index < -0.39 is 11.8 Å². The molecule has 0 aromatic rings. The predicted octanol–water partition coefficient (Wildman–Crippen LogP) is 1.09. The van der Waals surface area contributed by atoms with Gasteiger partial charge < -0.3 is 0 Å². The van der Waals surface area contributed by atoms with Gasteiger partial charge in [-0.1, -0.05) is 0 Å². The van der Waals surface area contributed by atoms with Gasteiger partial charge in [0, 0.05) is 0 Å². The molecule has 0 aliphatic carbocycles. The second-order valence-corrected chi connectivity index (χ2v) is 2.23. The Morgan fingerprint density at radius 1 is 0.917 bits per heavy atom. The maximum Gasteiger partial charge on any atom is 0.134 e. The Hall–Kier alpha value is -2.04. The molecule has 0 aliphatic rings. The van der Waals surface area contributed by atoms with Gasteiger partial charge in [-0.15, -0.1) is 0 Å². The van der Waals surface area contributed by atoms with Crippen LogP contribution in [0.5, 0.6) is 0 Å². The molecule has 0 N–H and O–H groups in total. The molecule has 0 saturated heterocycles. The summed E-state index contributed by atoms with van der Waals surface area (Å²) in [5.74, 6) is -1.28. The van der Waals surface area contributed by atoms with Gasteiger partial charge in [-0.3, -0.25) is 0 Å². The second kappa shape index (κ2) is 5.72. The molecule has 0 radical (unpaired) electrons. The summed E-state index contributed by atoms with van der Waals surface area (Å²) in [7, 11) is 0. The quantitative estimate of drug-likeness (QED) is 0.614.